The minimum Gasteiger partial charge on any atom is -0.168 e. The molecule has 0 saturated heterocycles. The molecule has 0 N–H and O–H groups in total. The van der Waals surface area contributed by atoms with E-state index in [1.54, 1.807) is 0 Å². The van der Waals surface area contributed by atoms with Crippen molar-refractivity contribution in [3.63, 3.8) is 0 Å². The van der Waals surface area contributed by atoms with Crippen LogP contribution in [0.2, 0.25) is 0 Å². The van der Waals surface area contributed by atoms with E-state index in [1.807, 2.05) is 0 Å². The van der Waals surface area contributed by atoms with Gasteiger partial charge < -0.3 is 0 Å². The smallest absolute Gasteiger partial charge is 0.168 e. The molecule has 0 aromatic rings. The van der Waals surface area contributed by atoms with Crippen molar-refractivity contribution in [2.24, 2.45) is 5.92 Å². The standard InChI is InChI=1S/C9H15F3O3P/c10-9(11,12)7-15-16(13)14-6-8-4-2-1-3-5-8/h8H,1-7H2/q+1. The van der Waals surface area contributed by atoms with Crippen molar-refractivity contribution in [1.29, 1.82) is 0 Å². The van der Waals surface area contributed by atoms with Gasteiger partial charge in [0, 0.05) is 4.57 Å². The Bertz CT molecular complexity index is 227. The molecule has 7 heteroatoms. The maximum absolute atomic E-state index is 11.7. The molecule has 94 valence electrons. The maximum atomic E-state index is 11.7. The highest BCUT2D eigenvalue weighted by Gasteiger charge is 2.35. The molecular weight excluding hydrogens is 244 g/mol. The predicted molar refractivity (Wildman–Crippen MR) is 52.1 cm³/mol. The van der Waals surface area contributed by atoms with Gasteiger partial charge in [0.15, 0.2) is 0 Å². The summed E-state index contributed by atoms with van der Waals surface area (Å²) in [7, 11) is -2.64. The van der Waals surface area contributed by atoms with E-state index in [2.05, 4.69) is 4.52 Å². The van der Waals surface area contributed by atoms with Crippen LogP contribution in [0.3, 0.4) is 0 Å². The number of hydrogen-bond donors (Lipinski definition) is 0. The average Bonchev–Trinajstić information content (AvgIpc) is 2.24. The first-order chi connectivity index (χ1) is 7.47. The van der Waals surface area contributed by atoms with Crippen LogP contribution in [0.1, 0.15) is 32.1 Å². The molecule has 0 radical (unpaired) electrons. The second-order valence-electron chi connectivity index (χ2n) is 3.91. The number of halogens is 3. The van der Waals surface area contributed by atoms with Gasteiger partial charge in [-0.15, -0.1) is 9.05 Å². The zero-order chi connectivity index (χ0) is 12.0. The molecule has 1 atom stereocenters. The van der Waals surface area contributed by atoms with Gasteiger partial charge in [-0.05, 0) is 18.8 Å². The highest BCUT2D eigenvalue weighted by Crippen LogP contribution is 2.31. The molecule has 0 amide bonds. The summed E-state index contributed by atoms with van der Waals surface area (Å²) in [6, 6.07) is 0. The third-order valence-corrected chi connectivity index (χ3v) is 3.17. The van der Waals surface area contributed by atoms with E-state index in [0.717, 1.165) is 25.7 Å². The van der Waals surface area contributed by atoms with Crippen LogP contribution in [0.15, 0.2) is 0 Å². The van der Waals surface area contributed by atoms with Crippen LogP contribution < -0.4 is 0 Å². The zero-order valence-electron chi connectivity index (χ0n) is 8.83. The molecule has 3 nitrogen and oxygen atoms in total. The van der Waals surface area contributed by atoms with E-state index in [9.17, 15) is 17.7 Å². The van der Waals surface area contributed by atoms with Crippen LogP contribution in [-0.4, -0.2) is 19.4 Å². The molecule has 1 unspecified atom stereocenters. The minimum absolute atomic E-state index is 0.229. The summed E-state index contributed by atoms with van der Waals surface area (Å²) in [5.74, 6) is 0.308. The quantitative estimate of drug-likeness (QED) is 0.704. The normalized spacial score (nSPS) is 19.8. The van der Waals surface area contributed by atoms with Gasteiger partial charge in [-0.3, -0.25) is 0 Å². The van der Waals surface area contributed by atoms with Crippen LogP contribution >= 0.6 is 8.25 Å². The Morgan fingerprint density at radius 1 is 1.12 bits per heavy atom. The average molecular weight is 259 g/mol. The first-order valence-electron chi connectivity index (χ1n) is 5.27. The monoisotopic (exact) mass is 259 g/mol. The molecule has 1 rings (SSSR count). The Hall–Kier alpha value is -0.190. The van der Waals surface area contributed by atoms with Crippen LogP contribution in [0.5, 0.6) is 0 Å². The molecule has 0 aliphatic heterocycles. The molecular formula is C9H15F3O3P+. The SMILES string of the molecule is O=[P+](OCC1CCCCC1)OCC(F)(F)F. The fraction of sp³-hybridized carbons (Fsp3) is 1.00. The molecule has 0 heterocycles. The van der Waals surface area contributed by atoms with Gasteiger partial charge in [0.25, 0.3) is 0 Å². The van der Waals surface area contributed by atoms with E-state index in [1.165, 1.54) is 6.42 Å². The molecule has 1 saturated carbocycles. The summed E-state index contributed by atoms with van der Waals surface area (Å²) in [6.07, 6.45) is 0.916. The molecule has 1 aliphatic carbocycles. The van der Waals surface area contributed by atoms with Crippen molar-refractivity contribution < 1.29 is 26.8 Å². The van der Waals surface area contributed by atoms with Gasteiger partial charge in [0.1, 0.15) is 6.61 Å². The topological polar surface area (TPSA) is 35.5 Å². The third-order valence-electron chi connectivity index (χ3n) is 2.47. The lowest BCUT2D eigenvalue weighted by molar-refractivity contribution is -0.154. The van der Waals surface area contributed by atoms with E-state index in [0.29, 0.717) is 5.92 Å². The number of alkyl halides is 3. The first-order valence-corrected chi connectivity index (χ1v) is 6.37. The summed E-state index contributed by atoms with van der Waals surface area (Å²) < 4.78 is 54.9. The highest BCUT2D eigenvalue weighted by molar-refractivity contribution is 7.33. The highest BCUT2D eigenvalue weighted by atomic mass is 31.1. The summed E-state index contributed by atoms with van der Waals surface area (Å²) in [6.45, 7) is -1.29. The fourth-order valence-electron chi connectivity index (χ4n) is 1.68. The van der Waals surface area contributed by atoms with Crippen molar-refractivity contribution in [3.05, 3.63) is 0 Å². The van der Waals surface area contributed by atoms with Crippen molar-refractivity contribution >= 4 is 8.25 Å². The molecule has 0 aromatic heterocycles. The maximum Gasteiger partial charge on any atom is 0.697 e. The van der Waals surface area contributed by atoms with Crippen molar-refractivity contribution in [2.45, 2.75) is 38.3 Å². The summed E-state index contributed by atoms with van der Waals surface area (Å²) in [5.41, 5.74) is 0. The van der Waals surface area contributed by atoms with Crippen molar-refractivity contribution in [1.82, 2.24) is 0 Å². The lowest BCUT2D eigenvalue weighted by Gasteiger charge is -2.18. The molecule has 1 aliphatic rings. The van der Waals surface area contributed by atoms with Gasteiger partial charge in [0.05, 0.1) is 0 Å². The Labute approximate surface area is 93.3 Å². The molecule has 0 spiro atoms. The lowest BCUT2D eigenvalue weighted by Crippen LogP contribution is -2.15. The second kappa shape index (κ2) is 6.52. The summed E-state index contributed by atoms with van der Waals surface area (Å²) in [5, 5.41) is 0. The zero-order valence-corrected chi connectivity index (χ0v) is 9.73. The van der Waals surface area contributed by atoms with Gasteiger partial charge in [-0.25, -0.2) is 0 Å². The van der Waals surface area contributed by atoms with Gasteiger partial charge in [-0.1, -0.05) is 19.3 Å². The molecule has 0 bridgehead atoms. The van der Waals surface area contributed by atoms with E-state index in [4.69, 9.17) is 4.52 Å². The Balaban J connectivity index is 2.09. The minimum atomic E-state index is -4.46. The van der Waals surface area contributed by atoms with Gasteiger partial charge >= 0.3 is 14.4 Å². The Morgan fingerprint density at radius 3 is 2.31 bits per heavy atom. The lowest BCUT2D eigenvalue weighted by atomic mass is 9.90. The second-order valence-corrected chi connectivity index (χ2v) is 4.88. The van der Waals surface area contributed by atoms with Crippen molar-refractivity contribution in [3.8, 4) is 0 Å². The van der Waals surface area contributed by atoms with Crippen LogP contribution in [0.25, 0.3) is 0 Å². The molecule has 0 aromatic carbocycles. The fourth-order valence-corrected chi connectivity index (χ4v) is 2.34. The number of rotatable bonds is 5. The largest absolute Gasteiger partial charge is 0.697 e. The first kappa shape index (κ1) is 13.9. The third kappa shape index (κ3) is 6.40. The van der Waals surface area contributed by atoms with Crippen LogP contribution in [0.4, 0.5) is 13.2 Å². The molecule has 16 heavy (non-hydrogen) atoms. The van der Waals surface area contributed by atoms with Crippen LogP contribution in [-0.2, 0) is 13.6 Å². The van der Waals surface area contributed by atoms with Gasteiger partial charge in [0.2, 0.25) is 6.61 Å². The molecule has 1 fully saturated rings. The van der Waals surface area contributed by atoms with Crippen LogP contribution in [0, 0.1) is 5.92 Å². The predicted octanol–water partition coefficient (Wildman–Crippen LogP) is 3.82. The van der Waals surface area contributed by atoms with E-state index >= 15 is 0 Å². The summed E-state index contributed by atoms with van der Waals surface area (Å²) >= 11 is 0. The number of hydrogen-bond acceptors (Lipinski definition) is 3. The van der Waals surface area contributed by atoms with Gasteiger partial charge in [-0.2, -0.15) is 13.2 Å². The van der Waals surface area contributed by atoms with Crippen molar-refractivity contribution in [2.75, 3.05) is 13.2 Å². The van der Waals surface area contributed by atoms with E-state index in [-0.39, 0.29) is 6.61 Å². The Kier molecular flexibility index (Phi) is 5.66. The Morgan fingerprint density at radius 2 is 1.75 bits per heavy atom. The van der Waals surface area contributed by atoms with E-state index < -0.39 is 21.0 Å². The summed E-state index contributed by atoms with van der Waals surface area (Å²) in [4.78, 5) is 0.